The predicted molar refractivity (Wildman–Crippen MR) is 81.9 cm³/mol. The molecule has 0 radical (unpaired) electrons. The Kier molecular flexibility index (Phi) is 4.10. The van der Waals surface area contributed by atoms with Gasteiger partial charge in [0.25, 0.3) is 0 Å². The molecule has 1 N–H and O–H groups in total. The summed E-state index contributed by atoms with van der Waals surface area (Å²) in [6.45, 7) is 5.10. The van der Waals surface area contributed by atoms with E-state index in [0.29, 0.717) is 5.13 Å². The number of aromatic nitrogens is 1. The van der Waals surface area contributed by atoms with Crippen molar-refractivity contribution in [3.8, 4) is 0 Å². The third-order valence-electron chi connectivity index (χ3n) is 2.84. The summed E-state index contributed by atoms with van der Waals surface area (Å²) in [5.74, 6) is -1.06. The zero-order chi connectivity index (χ0) is 14.9. The number of aryl methyl sites for hydroxylation is 1. The fourth-order valence-corrected chi connectivity index (χ4v) is 3.34. The lowest BCUT2D eigenvalue weighted by Gasteiger charge is -2.06. The molecule has 1 aromatic carbocycles. The molecule has 0 bridgehead atoms. The van der Waals surface area contributed by atoms with Crippen molar-refractivity contribution in [1.29, 1.82) is 0 Å². The molecule has 0 unspecified atom stereocenters. The lowest BCUT2D eigenvalue weighted by molar-refractivity contribution is -0.113. The molecule has 1 aromatic heterocycles. The molecule has 0 fully saturated rings. The van der Waals surface area contributed by atoms with Crippen molar-refractivity contribution in [2.24, 2.45) is 0 Å². The summed E-state index contributed by atoms with van der Waals surface area (Å²) < 4.78 is 24.3. The van der Waals surface area contributed by atoms with Gasteiger partial charge in [0.2, 0.25) is 5.91 Å². The summed E-state index contributed by atoms with van der Waals surface area (Å²) in [5.41, 5.74) is 1.91. The van der Waals surface area contributed by atoms with Crippen LogP contribution in [0.25, 0.3) is 10.2 Å². The van der Waals surface area contributed by atoms with Crippen molar-refractivity contribution in [3.63, 3.8) is 0 Å². The Hall–Kier alpha value is -1.47. The summed E-state index contributed by atoms with van der Waals surface area (Å²) in [4.78, 5) is 16.0. The number of nitrogens with one attached hydrogen (secondary N) is 1. The Bertz CT molecular complexity index is 748. The number of nitrogens with zero attached hydrogens (tertiary/aromatic N) is 1. The molecule has 0 saturated heterocycles. The first kappa shape index (κ1) is 14.9. The largest absolute Gasteiger partial charge is 0.301 e. The van der Waals surface area contributed by atoms with Crippen molar-refractivity contribution in [2.75, 3.05) is 11.1 Å². The Balaban J connectivity index is 2.14. The number of hydrogen-bond acceptors (Lipinski definition) is 5. The van der Waals surface area contributed by atoms with Gasteiger partial charge in [-0.2, -0.15) is 0 Å². The topological polar surface area (TPSA) is 76.1 Å². The maximum Gasteiger partial charge on any atom is 0.241 e. The first-order valence-electron chi connectivity index (χ1n) is 6.16. The van der Waals surface area contributed by atoms with Gasteiger partial charge in [-0.3, -0.25) is 4.79 Å². The van der Waals surface area contributed by atoms with Crippen LogP contribution >= 0.6 is 11.3 Å². The molecule has 1 amide bonds. The molecular weight excluding hydrogens is 296 g/mol. The number of rotatable bonds is 4. The first-order chi connectivity index (χ1) is 9.28. The summed E-state index contributed by atoms with van der Waals surface area (Å²) in [5, 5.41) is 2.41. The molecule has 0 aliphatic rings. The second kappa shape index (κ2) is 5.49. The zero-order valence-corrected chi connectivity index (χ0v) is 13.1. The van der Waals surface area contributed by atoms with Crippen molar-refractivity contribution < 1.29 is 13.2 Å². The van der Waals surface area contributed by atoms with Crippen LogP contribution in [0.4, 0.5) is 5.13 Å². The quantitative estimate of drug-likeness (QED) is 0.940. The van der Waals surface area contributed by atoms with Crippen molar-refractivity contribution in [1.82, 2.24) is 4.98 Å². The normalized spacial score (nSPS) is 12.0. The SMILES string of the molecule is Cc1ccc2nc(NC(=O)CS(=O)(=O)C(C)C)sc2c1. The Morgan fingerprint density at radius 3 is 2.75 bits per heavy atom. The fourth-order valence-electron chi connectivity index (χ4n) is 1.59. The molecule has 0 spiro atoms. The van der Waals surface area contributed by atoms with Crippen LogP contribution in [-0.4, -0.2) is 30.3 Å². The summed E-state index contributed by atoms with van der Waals surface area (Å²) in [7, 11) is -3.39. The van der Waals surface area contributed by atoms with E-state index in [1.54, 1.807) is 13.8 Å². The minimum absolute atomic E-state index is 0.426. The molecule has 2 aromatic rings. The van der Waals surface area contributed by atoms with E-state index < -0.39 is 26.7 Å². The van der Waals surface area contributed by atoms with Gasteiger partial charge in [-0.05, 0) is 38.5 Å². The number of hydrogen-bond donors (Lipinski definition) is 1. The van der Waals surface area contributed by atoms with Gasteiger partial charge in [0.15, 0.2) is 15.0 Å². The minimum Gasteiger partial charge on any atom is -0.301 e. The second-order valence-corrected chi connectivity index (χ2v) is 8.48. The highest BCUT2D eigenvalue weighted by atomic mass is 32.2. The third-order valence-corrected chi connectivity index (χ3v) is 5.88. The smallest absolute Gasteiger partial charge is 0.241 e. The lowest BCUT2D eigenvalue weighted by atomic mass is 10.2. The van der Waals surface area contributed by atoms with E-state index in [2.05, 4.69) is 10.3 Å². The lowest BCUT2D eigenvalue weighted by Crippen LogP contribution is -2.27. The van der Waals surface area contributed by atoms with Gasteiger partial charge in [0, 0.05) is 0 Å². The Labute approximate surface area is 121 Å². The number of benzene rings is 1. The van der Waals surface area contributed by atoms with Gasteiger partial charge in [-0.25, -0.2) is 13.4 Å². The van der Waals surface area contributed by atoms with Crippen LogP contribution in [0.3, 0.4) is 0 Å². The van der Waals surface area contributed by atoms with Crippen LogP contribution in [-0.2, 0) is 14.6 Å². The second-order valence-electron chi connectivity index (χ2n) is 4.89. The van der Waals surface area contributed by atoms with Gasteiger partial charge in [0.05, 0.1) is 15.5 Å². The number of fused-ring (bicyclic) bond motifs is 1. The first-order valence-corrected chi connectivity index (χ1v) is 8.70. The maximum atomic E-state index is 11.8. The Morgan fingerprint density at radius 1 is 1.40 bits per heavy atom. The van der Waals surface area contributed by atoms with E-state index in [0.717, 1.165) is 15.8 Å². The van der Waals surface area contributed by atoms with E-state index in [9.17, 15) is 13.2 Å². The molecule has 0 aliphatic heterocycles. The molecule has 1 heterocycles. The average Bonchev–Trinajstić information content (AvgIpc) is 2.68. The number of thiazole rings is 1. The molecule has 7 heteroatoms. The van der Waals surface area contributed by atoms with Crippen LogP contribution in [0.2, 0.25) is 0 Å². The van der Waals surface area contributed by atoms with Gasteiger partial charge in [-0.1, -0.05) is 17.4 Å². The monoisotopic (exact) mass is 312 g/mol. The van der Waals surface area contributed by atoms with Gasteiger partial charge < -0.3 is 5.32 Å². The number of carbonyl (C=O) groups is 1. The number of anilines is 1. The van der Waals surface area contributed by atoms with Crippen LogP contribution in [0, 0.1) is 6.92 Å². The standard InChI is InChI=1S/C13H16N2O3S2/c1-8(2)20(17,18)7-12(16)15-13-14-10-5-4-9(3)6-11(10)19-13/h4-6,8H,7H2,1-3H3,(H,14,15,16). The van der Waals surface area contributed by atoms with Gasteiger partial charge >= 0.3 is 0 Å². The maximum absolute atomic E-state index is 11.8. The van der Waals surface area contributed by atoms with E-state index >= 15 is 0 Å². The molecule has 0 aliphatic carbocycles. The highest BCUT2D eigenvalue weighted by molar-refractivity contribution is 7.92. The van der Waals surface area contributed by atoms with E-state index in [4.69, 9.17) is 0 Å². The Morgan fingerprint density at radius 2 is 2.10 bits per heavy atom. The molecule has 108 valence electrons. The summed E-state index contributed by atoms with van der Waals surface area (Å²) in [6.07, 6.45) is 0. The highest BCUT2D eigenvalue weighted by Gasteiger charge is 2.21. The third kappa shape index (κ3) is 3.34. The van der Waals surface area contributed by atoms with Crippen LogP contribution in [0.1, 0.15) is 19.4 Å². The van der Waals surface area contributed by atoms with Crippen LogP contribution < -0.4 is 5.32 Å². The van der Waals surface area contributed by atoms with Crippen molar-refractivity contribution in [3.05, 3.63) is 23.8 Å². The van der Waals surface area contributed by atoms with E-state index in [1.807, 2.05) is 25.1 Å². The van der Waals surface area contributed by atoms with E-state index in [-0.39, 0.29) is 0 Å². The molecule has 0 atom stereocenters. The molecule has 20 heavy (non-hydrogen) atoms. The zero-order valence-electron chi connectivity index (χ0n) is 11.5. The minimum atomic E-state index is -3.39. The van der Waals surface area contributed by atoms with Gasteiger partial charge in [0.1, 0.15) is 5.75 Å². The fraction of sp³-hybridized carbons (Fsp3) is 0.385. The molecule has 5 nitrogen and oxygen atoms in total. The van der Waals surface area contributed by atoms with E-state index in [1.165, 1.54) is 11.3 Å². The summed E-state index contributed by atoms with van der Waals surface area (Å²) >= 11 is 1.34. The highest BCUT2D eigenvalue weighted by Crippen LogP contribution is 2.26. The van der Waals surface area contributed by atoms with Crippen LogP contribution in [0.15, 0.2) is 18.2 Å². The average molecular weight is 312 g/mol. The predicted octanol–water partition coefficient (Wildman–Crippen LogP) is 2.37. The number of amides is 1. The molecule has 0 saturated carbocycles. The van der Waals surface area contributed by atoms with Crippen molar-refractivity contribution >= 4 is 42.4 Å². The van der Waals surface area contributed by atoms with Gasteiger partial charge in [-0.15, -0.1) is 0 Å². The summed E-state index contributed by atoms with van der Waals surface area (Å²) in [6, 6.07) is 5.80. The van der Waals surface area contributed by atoms with Crippen molar-refractivity contribution in [2.45, 2.75) is 26.0 Å². The molecule has 2 rings (SSSR count). The number of sulfone groups is 1. The van der Waals surface area contributed by atoms with Crippen LogP contribution in [0.5, 0.6) is 0 Å². The number of carbonyl (C=O) groups excluding carboxylic acids is 1. The molecular formula is C13H16N2O3S2.